The molecule has 150 valence electrons. The molecule has 1 aromatic heterocycles. The maximum atomic E-state index is 12.6. The molecular weight excluding hydrogens is 378 g/mol. The highest BCUT2D eigenvalue weighted by Gasteiger charge is 2.23. The van der Waals surface area contributed by atoms with Crippen molar-refractivity contribution >= 4 is 23.5 Å². The lowest BCUT2D eigenvalue weighted by Gasteiger charge is -2.36. The van der Waals surface area contributed by atoms with Crippen molar-refractivity contribution in [2.75, 3.05) is 32.7 Å². The van der Waals surface area contributed by atoms with Gasteiger partial charge in [-0.1, -0.05) is 23.7 Å². The summed E-state index contributed by atoms with van der Waals surface area (Å²) in [5.74, 6) is 1.78. The highest BCUT2D eigenvalue weighted by atomic mass is 35.5. The van der Waals surface area contributed by atoms with Crippen molar-refractivity contribution in [2.45, 2.75) is 19.9 Å². The van der Waals surface area contributed by atoms with Crippen LogP contribution in [0.5, 0.6) is 0 Å². The minimum Gasteiger partial charge on any atom is -0.357 e. The van der Waals surface area contributed by atoms with Crippen LogP contribution in [-0.2, 0) is 24.8 Å². The Morgan fingerprint density at radius 2 is 2.00 bits per heavy atom. The van der Waals surface area contributed by atoms with Gasteiger partial charge in [0.2, 0.25) is 5.91 Å². The Kier molecular flexibility index (Phi) is 6.86. The first kappa shape index (κ1) is 20.1. The molecule has 1 fully saturated rings. The fraction of sp³-hybridized carbons (Fsp3) is 0.474. The molecule has 1 aliphatic rings. The number of hydrogen-bond donors (Lipinski definition) is 1. The van der Waals surface area contributed by atoms with Crippen LogP contribution in [0.25, 0.3) is 0 Å². The molecule has 1 amide bonds. The Morgan fingerprint density at radius 1 is 1.25 bits per heavy atom. The van der Waals surface area contributed by atoms with Gasteiger partial charge in [0.1, 0.15) is 18.7 Å². The number of carbonyl (C=O) groups is 1. The van der Waals surface area contributed by atoms with E-state index in [1.807, 2.05) is 43.1 Å². The van der Waals surface area contributed by atoms with Crippen molar-refractivity contribution < 1.29 is 4.79 Å². The molecule has 0 radical (unpaired) electrons. The van der Waals surface area contributed by atoms with Gasteiger partial charge in [-0.25, -0.2) is 9.98 Å². The molecule has 1 aliphatic heterocycles. The van der Waals surface area contributed by atoms with Crippen LogP contribution >= 0.6 is 11.6 Å². The number of aromatic nitrogens is 3. The van der Waals surface area contributed by atoms with E-state index in [9.17, 15) is 4.79 Å². The van der Waals surface area contributed by atoms with Crippen LogP contribution in [0.3, 0.4) is 0 Å². The summed E-state index contributed by atoms with van der Waals surface area (Å²) in [6.45, 7) is 6.13. The molecule has 0 saturated carbocycles. The normalized spacial score (nSPS) is 15.0. The van der Waals surface area contributed by atoms with Crippen LogP contribution in [0.4, 0.5) is 0 Å². The number of guanidine groups is 1. The standard InChI is InChI=1S/C19H26ClN7O/c1-3-21-19(22-13-17-23-14-24-25(17)2)27-9-7-26(8-10-27)18(28)12-15-5-4-6-16(20)11-15/h4-6,11,14H,3,7-10,12-13H2,1-2H3,(H,21,22). The lowest BCUT2D eigenvalue weighted by Crippen LogP contribution is -2.54. The van der Waals surface area contributed by atoms with Crippen LogP contribution in [0.15, 0.2) is 35.6 Å². The molecule has 0 unspecified atom stereocenters. The SMILES string of the molecule is CCNC(=NCc1ncnn1C)N1CCN(C(=O)Cc2cccc(Cl)c2)CC1. The zero-order chi connectivity index (χ0) is 19.9. The second-order valence-electron chi connectivity index (χ2n) is 6.64. The van der Waals surface area contributed by atoms with Gasteiger partial charge < -0.3 is 15.1 Å². The van der Waals surface area contributed by atoms with E-state index in [1.54, 1.807) is 4.68 Å². The summed E-state index contributed by atoms with van der Waals surface area (Å²) in [6, 6.07) is 7.47. The summed E-state index contributed by atoms with van der Waals surface area (Å²) in [5.41, 5.74) is 0.943. The first-order valence-electron chi connectivity index (χ1n) is 9.45. The van der Waals surface area contributed by atoms with Crippen molar-refractivity contribution in [2.24, 2.45) is 12.0 Å². The predicted molar refractivity (Wildman–Crippen MR) is 109 cm³/mol. The van der Waals surface area contributed by atoms with E-state index in [1.165, 1.54) is 6.33 Å². The highest BCUT2D eigenvalue weighted by molar-refractivity contribution is 6.30. The fourth-order valence-electron chi connectivity index (χ4n) is 3.14. The van der Waals surface area contributed by atoms with E-state index < -0.39 is 0 Å². The molecule has 1 saturated heterocycles. The molecular formula is C19H26ClN7O. The molecule has 2 heterocycles. The van der Waals surface area contributed by atoms with Crippen molar-refractivity contribution in [1.82, 2.24) is 29.9 Å². The summed E-state index contributed by atoms with van der Waals surface area (Å²) >= 11 is 6.01. The molecule has 0 aliphatic carbocycles. The van der Waals surface area contributed by atoms with Crippen LogP contribution in [-0.4, -0.2) is 69.2 Å². The summed E-state index contributed by atoms with van der Waals surface area (Å²) in [5, 5.41) is 8.05. The second-order valence-corrected chi connectivity index (χ2v) is 7.08. The Labute approximate surface area is 170 Å². The number of hydrogen-bond acceptors (Lipinski definition) is 4. The number of rotatable bonds is 5. The van der Waals surface area contributed by atoms with Gasteiger partial charge in [0.25, 0.3) is 0 Å². The smallest absolute Gasteiger partial charge is 0.227 e. The Morgan fingerprint density at radius 3 is 2.64 bits per heavy atom. The monoisotopic (exact) mass is 403 g/mol. The van der Waals surface area contributed by atoms with Gasteiger partial charge in [0.15, 0.2) is 5.96 Å². The van der Waals surface area contributed by atoms with Crippen LogP contribution < -0.4 is 5.32 Å². The van der Waals surface area contributed by atoms with Gasteiger partial charge in [-0.2, -0.15) is 5.10 Å². The number of halogens is 1. The number of nitrogens with one attached hydrogen (secondary N) is 1. The maximum absolute atomic E-state index is 12.6. The van der Waals surface area contributed by atoms with E-state index in [2.05, 4.69) is 25.3 Å². The van der Waals surface area contributed by atoms with Crippen molar-refractivity contribution in [3.63, 3.8) is 0 Å². The van der Waals surface area contributed by atoms with Gasteiger partial charge >= 0.3 is 0 Å². The molecule has 28 heavy (non-hydrogen) atoms. The molecule has 2 aromatic rings. The number of piperazine rings is 1. The number of aliphatic imine (C=N–C) groups is 1. The summed E-state index contributed by atoms with van der Waals surface area (Å²) < 4.78 is 1.72. The zero-order valence-electron chi connectivity index (χ0n) is 16.3. The van der Waals surface area contributed by atoms with Crippen LogP contribution in [0.1, 0.15) is 18.3 Å². The summed E-state index contributed by atoms with van der Waals surface area (Å²) in [6.07, 6.45) is 1.91. The van der Waals surface area contributed by atoms with E-state index in [-0.39, 0.29) is 5.91 Å². The van der Waals surface area contributed by atoms with Gasteiger partial charge in [-0.3, -0.25) is 9.48 Å². The minimum atomic E-state index is 0.128. The Balaban J connectivity index is 1.56. The van der Waals surface area contributed by atoms with Crippen LogP contribution in [0.2, 0.25) is 5.02 Å². The number of benzene rings is 1. The maximum Gasteiger partial charge on any atom is 0.227 e. The molecule has 0 bridgehead atoms. The lowest BCUT2D eigenvalue weighted by molar-refractivity contribution is -0.131. The van der Waals surface area contributed by atoms with Gasteiger partial charge in [0.05, 0.1) is 6.42 Å². The van der Waals surface area contributed by atoms with Crippen LogP contribution in [0, 0.1) is 0 Å². The van der Waals surface area contributed by atoms with Crippen molar-refractivity contribution in [3.05, 3.63) is 47.0 Å². The number of aryl methyl sites for hydroxylation is 1. The molecule has 1 aromatic carbocycles. The molecule has 3 rings (SSSR count). The molecule has 0 spiro atoms. The summed E-state index contributed by atoms with van der Waals surface area (Å²) in [7, 11) is 1.86. The average Bonchev–Trinajstić information content (AvgIpc) is 3.10. The van der Waals surface area contributed by atoms with Gasteiger partial charge in [-0.15, -0.1) is 0 Å². The molecule has 9 heteroatoms. The topological polar surface area (TPSA) is 78.7 Å². The Hall–Kier alpha value is -2.61. The van der Waals surface area contributed by atoms with Crippen molar-refractivity contribution in [1.29, 1.82) is 0 Å². The predicted octanol–water partition coefficient (Wildman–Crippen LogP) is 1.32. The lowest BCUT2D eigenvalue weighted by atomic mass is 10.1. The third-order valence-corrected chi connectivity index (χ3v) is 4.92. The van der Waals surface area contributed by atoms with Gasteiger partial charge in [-0.05, 0) is 24.6 Å². The van der Waals surface area contributed by atoms with E-state index >= 15 is 0 Å². The minimum absolute atomic E-state index is 0.128. The zero-order valence-corrected chi connectivity index (χ0v) is 17.1. The van der Waals surface area contributed by atoms with E-state index in [0.29, 0.717) is 31.1 Å². The quantitative estimate of drug-likeness (QED) is 0.601. The number of amides is 1. The van der Waals surface area contributed by atoms with E-state index in [4.69, 9.17) is 11.6 Å². The average molecular weight is 404 g/mol. The molecule has 8 nitrogen and oxygen atoms in total. The van der Waals surface area contributed by atoms with E-state index in [0.717, 1.165) is 37.0 Å². The summed E-state index contributed by atoms with van der Waals surface area (Å²) in [4.78, 5) is 25.6. The van der Waals surface area contributed by atoms with Gasteiger partial charge in [0, 0.05) is 44.8 Å². The number of nitrogens with zero attached hydrogens (tertiary/aromatic N) is 6. The number of carbonyl (C=O) groups excluding carboxylic acids is 1. The third kappa shape index (κ3) is 5.22. The third-order valence-electron chi connectivity index (χ3n) is 4.69. The largest absolute Gasteiger partial charge is 0.357 e. The Bertz CT molecular complexity index is 827. The highest BCUT2D eigenvalue weighted by Crippen LogP contribution is 2.13. The van der Waals surface area contributed by atoms with Crippen molar-refractivity contribution in [3.8, 4) is 0 Å². The first-order valence-corrected chi connectivity index (χ1v) is 9.83. The second kappa shape index (κ2) is 9.54. The first-order chi connectivity index (χ1) is 13.6. The molecule has 0 atom stereocenters. The fourth-order valence-corrected chi connectivity index (χ4v) is 3.35. The molecule has 1 N–H and O–H groups in total.